The minimum absolute atomic E-state index is 0.0280. The molecule has 0 amide bonds. The minimum Gasteiger partial charge on any atom is -0.354 e. The standard InChI is InChI=1S/C15H18N2O3S/c1-11(2)20-21(18,19)15-10-16-8-7-14(15)17-13-6-4-5-12(3)9-13/h4-11H,1-3H3,(H,16,17). The summed E-state index contributed by atoms with van der Waals surface area (Å²) < 4.78 is 29.5. The van der Waals surface area contributed by atoms with Crippen molar-refractivity contribution in [1.29, 1.82) is 0 Å². The molecule has 0 atom stereocenters. The average molecular weight is 306 g/mol. The third-order valence-corrected chi connectivity index (χ3v) is 4.17. The summed E-state index contributed by atoms with van der Waals surface area (Å²) in [4.78, 5) is 3.91. The monoisotopic (exact) mass is 306 g/mol. The van der Waals surface area contributed by atoms with Crippen molar-refractivity contribution >= 4 is 21.5 Å². The fourth-order valence-electron chi connectivity index (χ4n) is 1.87. The molecule has 0 aliphatic rings. The van der Waals surface area contributed by atoms with Crippen molar-refractivity contribution in [3.63, 3.8) is 0 Å². The molecular weight excluding hydrogens is 288 g/mol. The van der Waals surface area contributed by atoms with E-state index in [0.717, 1.165) is 11.3 Å². The van der Waals surface area contributed by atoms with Gasteiger partial charge in [0.15, 0.2) is 0 Å². The molecule has 2 aromatic rings. The molecule has 0 spiro atoms. The van der Waals surface area contributed by atoms with Gasteiger partial charge in [0.05, 0.1) is 18.0 Å². The fraction of sp³-hybridized carbons (Fsp3) is 0.267. The van der Waals surface area contributed by atoms with Crippen LogP contribution in [0.25, 0.3) is 0 Å². The number of aryl methyl sites for hydroxylation is 1. The maximum Gasteiger partial charge on any atom is 0.300 e. The number of benzene rings is 1. The van der Waals surface area contributed by atoms with Gasteiger partial charge in [0, 0.05) is 11.9 Å². The quantitative estimate of drug-likeness (QED) is 0.859. The second kappa shape index (κ2) is 6.24. The lowest BCUT2D eigenvalue weighted by atomic mass is 10.2. The maximum absolute atomic E-state index is 12.2. The smallest absolute Gasteiger partial charge is 0.300 e. The van der Waals surface area contributed by atoms with Crippen LogP contribution in [0.15, 0.2) is 47.6 Å². The summed E-state index contributed by atoms with van der Waals surface area (Å²) in [5.74, 6) is 0. The molecule has 6 heteroatoms. The first-order chi connectivity index (χ1) is 9.88. The van der Waals surface area contributed by atoms with E-state index in [9.17, 15) is 8.42 Å². The van der Waals surface area contributed by atoms with Gasteiger partial charge in [-0.15, -0.1) is 0 Å². The van der Waals surface area contributed by atoms with Crippen LogP contribution < -0.4 is 5.32 Å². The van der Waals surface area contributed by atoms with Gasteiger partial charge in [0.2, 0.25) is 0 Å². The Bertz CT molecular complexity index is 727. The van der Waals surface area contributed by atoms with Crippen LogP contribution in [-0.2, 0) is 14.3 Å². The van der Waals surface area contributed by atoms with Crippen molar-refractivity contribution in [3.05, 3.63) is 48.3 Å². The van der Waals surface area contributed by atoms with E-state index in [1.165, 1.54) is 12.4 Å². The molecule has 0 fully saturated rings. The van der Waals surface area contributed by atoms with Crippen molar-refractivity contribution in [1.82, 2.24) is 4.98 Å². The molecule has 0 saturated heterocycles. The topological polar surface area (TPSA) is 68.3 Å². The average Bonchev–Trinajstić information content (AvgIpc) is 2.37. The van der Waals surface area contributed by atoms with Gasteiger partial charge in [0.25, 0.3) is 0 Å². The van der Waals surface area contributed by atoms with E-state index in [-0.39, 0.29) is 4.90 Å². The van der Waals surface area contributed by atoms with Gasteiger partial charge in [-0.2, -0.15) is 8.42 Å². The van der Waals surface area contributed by atoms with Crippen LogP contribution in [0, 0.1) is 6.92 Å². The van der Waals surface area contributed by atoms with Gasteiger partial charge in [0.1, 0.15) is 4.90 Å². The van der Waals surface area contributed by atoms with Gasteiger partial charge >= 0.3 is 10.1 Å². The van der Waals surface area contributed by atoms with E-state index >= 15 is 0 Å². The third kappa shape index (κ3) is 4.03. The van der Waals surface area contributed by atoms with Crippen molar-refractivity contribution in [2.24, 2.45) is 0 Å². The molecule has 0 bridgehead atoms. The maximum atomic E-state index is 12.2. The number of hydrogen-bond donors (Lipinski definition) is 1. The van der Waals surface area contributed by atoms with E-state index in [4.69, 9.17) is 4.18 Å². The summed E-state index contributed by atoms with van der Waals surface area (Å²) in [6, 6.07) is 9.28. The first-order valence-electron chi connectivity index (χ1n) is 6.59. The molecule has 112 valence electrons. The number of hydrogen-bond acceptors (Lipinski definition) is 5. The molecular formula is C15H18N2O3S. The molecule has 0 saturated carbocycles. The molecule has 0 aliphatic carbocycles. The Hall–Kier alpha value is -1.92. The Morgan fingerprint density at radius 2 is 2.00 bits per heavy atom. The van der Waals surface area contributed by atoms with Gasteiger partial charge in [-0.1, -0.05) is 12.1 Å². The lowest BCUT2D eigenvalue weighted by Crippen LogP contribution is -2.14. The van der Waals surface area contributed by atoms with E-state index < -0.39 is 16.2 Å². The van der Waals surface area contributed by atoms with E-state index in [0.29, 0.717) is 5.69 Å². The number of nitrogens with one attached hydrogen (secondary N) is 1. The van der Waals surface area contributed by atoms with E-state index in [1.54, 1.807) is 19.9 Å². The molecule has 0 aliphatic heterocycles. The normalized spacial score (nSPS) is 11.6. The molecule has 0 unspecified atom stereocenters. The highest BCUT2D eigenvalue weighted by Gasteiger charge is 2.21. The number of pyridine rings is 1. The second-order valence-electron chi connectivity index (χ2n) is 4.97. The summed E-state index contributed by atoms with van der Waals surface area (Å²) in [5, 5.41) is 3.09. The molecule has 1 heterocycles. The Kier molecular flexibility index (Phi) is 4.59. The van der Waals surface area contributed by atoms with E-state index in [1.807, 2.05) is 31.2 Å². The molecule has 1 N–H and O–H groups in total. The number of nitrogens with zero attached hydrogens (tertiary/aromatic N) is 1. The highest BCUT2D eigenvalue weighted by Crippen LogP contribution is 2.26. The molecule has 21 heavy (non-hydrogen) atoms. The van der Waals surface area contributed by atoms with Gasteiger partial charge in [-0.05, 0) is 44.5 Å². The predicted octanol–water partition coefficient (Wildman–Crippen LogP) is 3.25. The summed E-state index contributed by atoms with van der Waals surface area (Å²) in [5.41, 5.74) is 2.33. The Labute approximate surface area is 125 Å². The zero-order chi connectivity index (χ0) is 15.5. The molecule has 0 radical (unpaired) electrons. The SMILES string of the molecule is Cc1cccc(Nc2ccncc2S(=O)(=O)OC(C)C)c1. The molecule has 1 aromatic heterocycles. The van der Waals surface area contributed by atoms with Crippen LogP contribution in [0.4, 0.5) is 11.4 Å². The largest absolute Gasteiger partial charge is 0.354 e. The van der Waals surface area contributed by atoms with Crippen LogP contribution in [0.3, 0.4) is 0 Å². The third-order valence-electron chi connectivity index (χ3n) is 2.67. The summed E-state index contributed by atoms with van der Waals surface area (Å²) in [6.07, 6.45) is 2.39. The van der Waals surface area contributed by atoms with Crippen molar-refractivity contribution in [3.8, 4) is 0 Å². The van der Waals surface area contributed by atoms with Gasteiger partial charge in [-0.25, -0.2) is 0 Å². The highest BCUT2D eigenvalue weighted by atomic mass is 32.2. The molecule has 1 aromatic carbocycles. The van der Waals surface area contributed by atoms with Crippen LogP contribution in [-0.4, -0.2) is 19.5 Å². The first kappa shape index (κ1) is 15.5. The lowest BCUT2D eigenvalue weighted by molar-refractivity contribution is 0.249. The fourth-order valence-corrected chi connectivity index (χ4v) is 3.05. The minimum atomic E-state index is -3.85. The number of rotatable bonds is 5. The van der Waals surface area contributed by atoms with Gasteiger partial charge in [-0.3, -0.25) is 9.17 Å². The highest BCUT2D eigenvalue weighted by molar-refractivity contribution is 7.87. The van der Waals surface area contributed by atoms with Crippen LogP contribution >= 0.6 is 0 Å². The lowest BCUT2D eigenvalue weighted by Gasteiger charge is -2.13. The second-order valence-corrected chi connectivity index (χ2v) is 6.51. The van der Waals surface area contributed by atoms with E-state index in [2.05, 4.69) is 10.3 Å². The zero-order valence-corrected chi connectivity index (χ0v) is 13.0. The van der Waals surface area contributed by atoms with Crippen molar-refractivity contribution < 1.29 is 12.6 Å². The van der Waals surface area contributed by atoms with Crippen LogP contribution in [0.5, 0.6) is 0 Å². The summed E-state index contributed by atoms with van der Waals surface area (Å²) in [7, 11) is -3.85. The Balaban J connectivity index is 2.38. The van der Waals surface area contributed by atoms with Crippen molar-refractivity contribution in [2.75, 3.05) is 5.32 Å². The summed E-state index contributed by atoms with van der Waals surface area (Å²) in [6.45, 7) is 5.31. The Morgan fingerprint density at radius 1 is 1.24 bits per heavy atom. The zero-order valence-electron chi connectivity index (χ0n) is 12.2. The van der Waals surface area contributed by atoms with Crippen molar-refractivity contribution in [2.45, 2.75) is 31.8 Å². The number of aromatic nitrogens is 1. The number of anilines is 2. The molecule has 5 nitrogen and oxygen atoms in total. The summed E-state index contributed by atoms with van der Waals surface area (Å²) >= 11 is 0. The first-order valence-corrected chi connectivity index (χ1v) is 8.00. The van der Waals surface area contributed by atoms with Crippen LogP contribution in [0.1, 0.15) is 19.4 Å². The predicted molar refractivity (Wildman–Crippen MR) is 82.1 cm³/mol. The van der Waals surface area contributed by atoms with Crippen LogP contribution in [0.2, 0.25) is 0 Å². The Morgan fingerprint density at radius 3 is 2.67 bits per heavy atom. The van der Waals surface area contributed by atoms with Gasteiger partial charge < -0.3 is 5.32 Å². The molecule has 2 rings (SSSR count).